The Kier molecular flexibility index (Phi) is 1.70. The molecule has 42 valence electrons. The van der Waals surface area contributed by atoms with Crippen LogP contribution in [0.3, 0.4) is 0 Å². The number of nitrogens with zero attached hydrogens (tertiary/aromatic N) is 2. The third kappa shape index (κ3) is 1.39. The van der Waals surface area contributed by atoms with Crippen molar-refractivity contribution in [1.29, 1.82) is 0 Å². The van der Waals surface area contributed by atoms with E-state index in [1.165, 1.54) is 4.53 Å². The van der Waals surface area contributed by atoms with Gasteiger partial charge >= 0.3 is 0 Å². The zero-order chi connectivity index (χ0) is 5.82. The molecule has 8 heavy (non-hydrogen) atoms. The molecular weight excluding hydrogens is 124 g/mol. The van der Waals surface area contributed by atoms with Crippen LogP contribution in [0.25, 0.3) is 0 Å². The second-order valence-corrected chi connectivity index (χ2v) is 1.63. The highest BCUT2D eigenvalue weighted by atomic mass is 35.5. The molecule has 0 bridgehead atoms. The Labute approximate surface area is 52.9 Å². The molecule has 0 saturated heterocycles. The van der Waals surface area contributed by atoms with Crippen molar-refractivity contribution in [3.05, 3.63) is 24.4 Å². The Morgan fingerprint density at radius 1 is 1.25 bits per heavy atom. The Balaban J connectivity index is 2.66. The van der Waals surface area contributed by atoms with Gasteiger partial charge < -0.3 is 0 Å². The van der Waals surface area contributed by atoms with E-state index in [1.54, 1.807) is 24.6 Å². The summed E-state index contributed by atoms with van der Waals surface area (Å²) in [6.45, 7) is 0. The van der Waals surface area contributed by atoms with Gasteiger partial charge in [0.2, 0.25) is 0 Å². The van der Waals surface area contributed by atoms with E-state index in [-0.39, 0.29) is 0 Å². The largest absolute Gasteiger partial charge is 0.180 e. The molecule has 0 aromatic heterocycles. The molecule has 0 saturated carbocycles. The zero-order valence-electron chi connectivity index (χ0n) is 4.16. The van der Waals surface area contributed by atoms with Gasteiger partial charge in [-0.1, -0.05) is 6.08 Å². The van der Waals surface area contributed by atoms with Gasteiger partial charge in [-0.2, -0.15) is 9.63 Å². The van der Waals surface area contributed by atoms with Crippen LogP contribution < -0.4 is 0 Å². The SMILES string of the molecule is ClN1C=CC=CC=N1. The number of rotatable bonds is 0. The molecule has 3 heteroatoms. The van der Waals surface area contributed by atoms with Crippen molar-refractivity contribution in [2.45, 2.75) is 0 Å². The molecule has 0 spiro atoms. The molecule has 0 aliphatic carbocycles. The lowest BCUT2D eigenvalue weighted by molar-refractivity contribution is 0.662. The molecule has 1 rings (SSSR count). The normalized spacial score (nSPS) is 16.9. The standard InChI is InChI=1S/C5H5ClN2/c6-8-5-3-1-2-4-7-8/h1-5H. The van der Waals surface area contributed by atoms with E-state index in [9.17, 15) is 0 Å². The highest BCUT2D eigenvalue weighted by Gasteiger charge is 1.84. The van der Waals surface area contributed by atoms with E-state index in [0.717, 1.165) is 0 Å². The van der Waals surface area contributed by atoms with Gasteiger partial charge in [-0.25, -0.2) is 0 Å². The molecule has 2 nitrogen and oxygen atoms in total. The number of hydrazone groups is 1. The van der Waals surface area contributed by atoms with Crippen LogP contribution in [0.2, 0.25) is 0 Å². The molecule has 0 N–H and O–H groups in total. The van der Waals surface area contributed by atoms with Crippen LogP contribution in [-0.2, 0) is 0 Å². The summed E-state index contributed by atoms with van der Waals surface area (Å²) in [5.74, 6) is 0. The number of hydrogen-bond donors (Lipinski definition) is 0. The van der Waals surface area contributed by atoms with Gasteiger partial charge in [-0.15, -0.1) is 0 Å². The maximum Gasteiger partial charge on any atom is 0.0489 e. The van der Waals surface area contributed by atoms with Crippen molar-refractivity contribution in [3.63, 3.8) is 0 Å². The first-order valence-electron chi connectivity index (χ1n) is 2.22. The summed E-state index contributed by atoms with van der Waals surface area (Å²) >= 11 is 5.43. The van der Waals surface area contributed by atoms with E-state index in [1.807, 2.05) is 6.08 Å². The van der Waals surface area contributed by atoms with E-state index in [0.29, 0.717) is 0 Å². The second-order valence-electron chi connectivity index (χ2n) is 1.28. The lowest BCUT2D eigenvalue weighted by Gasteiger charge is -1.95. The summed E-state index contributed by atoms with van der Waals surface area (Å²) in [5, 5.41) is 3.72. The van der Waals surface area contributed by atoms with Crippen molar-refractivity contribution in [3.8, 4) is 0 Å². The highest BCUT2D eigenvalue weighted by molar-refractivity contribution is 6.14. The number of allylic oxidation sites excluding steroid dienone is 3. The Morgan fingerprint density at radius 3 is 3.00 bits per heavy atom. The predicted molar refractivity (Wildman–Crippen MR) is 34.5 cm³/mol. The number of halogens is 1. The van der Waals surface area contributed by atoms with E-state index >= 15 is 0 Å². The summed E-state index contributed by atoms with van der Waals surface area (Å²) < 4.78 is 1.22. The van der Waals surface area contributed by atoms with Crippen molar-refractivity contribution < 1.29 is 0 Å². The highest BCUT2D eigenvalue weighted by Crippen LogP contribution is 1.97. The van der Waals surface area contributed by atoms with Crippen LogP contribution in [0.5, 0.6) is 0 Å². The van der Waals surface area contributed by atoms with Gasteiger partial charge in [0.25, 0.3) is 0 Å². The zero-order valence-corrected chi connectivity index (χ0v) is 4.92. The van der Waals surface area contributed by atoms with Gasteiger partial charge in [-0.05, 0) is 12.2 Å². The topological polar surface area (TPSA) is 15.6 Å². The Hall–Kier alpha value is -0.760. The van der Waals surface area contributed by atoms with Crippen molar-refractivity contribution >= 4 is 18.0 Å². The van der Waals surface area contributed by atoms with Crippen LogP contribution in [0.15, 0.2) is 29.5 Å². The monoisotopic (exact) mass is 128 g/mol. The third-order valence-electron chi connectivity index (χ3n) is 0.694. The Bertz CT molecular complexity index is 133. The van der Waals surface area contributed by atoms with Gasteiger partial charge in [0.15, 0.2) is 0 Å². The molecule has 0 amide bonds. The molecule has 1 aliphatic rings. The summed E-state index contributed by atoms with van der Waals surface area (Å²) in [5.41, 5.74) is 0. The summed E-state index contributed by atoms with van der Waals surface area (Å²) in [6.07, 6.45) is 8.74. The average molecular weight is 129 g/mol. The van der Waals surface area contributed by atoms with E-state index < -0.39 is 0 Å². The average Bonchev–Trinajstić information content (AvgIpc) is 1.94. The van der Waals surface area contributed by atoms with Crippen molar-refractivity contribution in [2.24, 2.45) is 5.10 Å². The van der Waals surface area contributed by atoms with Crippen LogP contribution in [0.4, 0.5) is 0 Å². The first-order valence-corrected chi connectivity index (χ1v) is 2.56. The second kappa shape index (κ2) is 2.52. The minimum Gasteiger partial charge on any atom is -0.180 e. The maximum atomic E-state index is 5.43. The third-order valence-corrected chi connectivity index (χ3v) is 0.894. The molecule has 0 aromatic rings. The summed E-state index contributed by atoms with van der Waals surface area (Å²) in [7, 11) is 0. The quantitative estimate of drug-likeness (QED) is 0.452. The molecule has 0 atom stereocenters. The fraction of sp³-hybridized carbons (Fsp3) is 0. The molecule has 0 fully saturated rings. The lowest BCUT2D eigenvalue weighted by atomic mass is 10.5. The van der Waals surface area contributed by atoms with Crippen LogP contribution in [-0.4, -0.2) is 10.7 Å². The molecule has 0 radical (unpaired) electrons. The van der Waals surface area contributed by atoms with Crippen LogP contribution in [0, 0.1) is 0 Å². The van der Waals surface area contributed by atoms with E-state index in [4.69, 9.17) is 11.8 Å². The maximum absolute atomic E-state index is 5.43. The minimum atomic E-state index is 1.22. The van der Waals surface area contributed by atoms with Gasteiger partial charge in [0.05, 0.1) is 0 Å². The lowest BCUT2D eigenvalue weighted by Crippen LogP contribution is -1.88. The molecule has 1 aliphatic heterocycles. The van der Waals surface area contributed by atoms with Crippen LogP contribution >= 0.6 is 11.8 Å². The smallest absolute Gasteiger partial charge is 0.0489 e. The molecular formula is C5H5ClN2. The fourth-order valence-corrected chi connectivity index (χ4v) is 0.491. The first kappa shape index (κ1) is 5.38. The van der Waals surface area contributed by atoms with Gasteiger partial charge in [0.1, 0.15) is 0 Å². The van der Waals surface area contributed by atoms with Crippen molar-refractivity contribution in [1.82, 2.24) is 4.53 Å². The predicted octanol–water partition coefficient (Wildman–Crippen LogP) is 1.51. The molecule has 0 aromatic carbocycles. The first-order chi connectivity index (χ1) is 3.89. The molecule has 0 unspecified atom stereocenters. The van der Waals surface area contributed by atoms with Crippen molar-refractivity contribution in [2.75, 3.05) is 0 Å². The van der Waals surface area contributed by atoms with Gasteiger partial charge in [0, 0.05) is 24.2 Å². The van der Waals surface area contributed by atoms with Crippen LogP contribution in [0.1, 0.15) is 0 Å². The fourth-order valence-electron chi connectivity index (χ4n) is 0.375. The summed E-state index contributed by atoms with van der Waals surface area (Å²) in [4.78, 5) is 0. The molecule has 1 heterocycles. The minimum absolute atomic E-state index is 1.22. The Morgan fingerprint density at radius 2 is 2.12 bits per heavy atom. The number of hydrogen-bond acceptors (Lipinski definition) is 2. The summed E-state index contributed by atoms with van der Waals surface area (Å²) in [6, 6.07) is 0. The van der Waals surface area contributed by atoms with E-state index in [2.05, 4.69) is 5.10 Å². The van der Waals surface area contributed by atoms with Gasteiger partial charge in [-0.3, -0.25) is 0 Å².